The Labute approximate surface area is 109 Å². The van der Waals surface area contributed by atoms with Crippen LogP contribution in [0.4, 0.5) is 0 Å². The van der Waals surface area contributed by atoms with Crippen molar-refractivity contribution in [2.24, 2.45) is 5.92 Å². The maximum Gasteiger partial charge on any atom is 0.101 e. The molecule has 3 nitrogen and oxygen atoms in total. The van der Waals surface area contributed by atoms with Gasteiger partial charge in [-0.1, -0.05) is 31.9 Å². The highest BCUT2D eigenvalue weighted by Gasteiger charge is 2.22. The summed E-state index contributed by atoms with van der Waals surface area (Å²) in [5.74, 6) is 1.20. The van der Waals surface area contributed by atoms with Gasteiger partial charge in [-0.3, -0.25) is 0 Å². The number of alkyl halides is 1. The zero-order valence-electron chi connectivity index (χ0n) is 10.8. The van der Waals surface area contributed by atoms with Crippen LogP contribution in [0, 0.1) is 5.92 Å². The molecule has 0 atom stereocenters. The summed E-state index contributed by atoms with van der Waals surface area (Å²) in [5, 5.41) is 8.57. The molecule has 0 radical (unpaired) electrons. The SMILES string of the molecule is CC(C)CCc1c(CCl)nnn1C1CCCC1. The fourth-order valence-electron chi connectivity index (χ4n) is 2.58. The predicted molar refractivity (Wildman–Crippen MR) is 70.2 cm³/mol. The van der Waals surface area contributed by atoms with Gasteiger partial charge in [0.15, 0.2) is 0 Å². The monoisotopic (exact) mass is 255 g/mol. The number of nitrogens with zero attached hydrogens (tertiary/aromatic N) is 3. The Bertz CT molecular complexity index is 354. The van der Waals surface area contributed by atoms with Gasteiger partial charge >= 0.3 is 0 Å². The molecule has 1 heterocycles. The predicted octanol–water partition coefficient (Wildman–Crippen LogP) is 3.72. The first-order valence-corrected chi connectivity index (χ1v) is 7.24. The topological polar surface area (TPSA) is 30.7 Å². The van der Waals surface area contributed by atoms with Gasteiger partial charge < -0.3 is 0 Å². The summed E-state index contributed by atoms with van der Waals surface area (Å²) in [6.45, 7) is 4.51. The van der Waals surface area contributed by atoms with Crippen molar-refractivity contribution >= 4 is 11.6 Å². The van der Waals surface area contributed by atoms with Gasteiger partial charge in [-0.2, -0.15) is 0 Å². The Hall–Kier alpha value is -0.570. The lowest BCUT2D eigenvalue weighted by Crippen LogP contribution is -2.12. The van der Waals surface area contributed by atoms with Crippen LogP contribution in [0.25, 0.3) is 0 Å². The fraction of sp³-hybridized carbons (Fsp3) is 0.846. The highest BCUT2D eigenvalue weighted by molar-refractivity contribution is 6.16. The van der Waals surface area contributed by atoms with Gasteiger partial charge in [0.25, 0.3) is 0 Å². The molecule has 0 aromatic carbocycles. The highest BCUT2D eigenvalue weighted by Crippen LogP contribution is 2.31. The molecule has 0 saturated heterocycles. The third-order valence-electron chi connectivity index (χ3n) is 3.63. The molecule has 0 unspecified atom stereocenters. The fourth-order valence-corrected chi connectivity index (χ4v) is 2.78. The average Bonchev–Trinajstić information content (AvgIpc) is 2.94. The Balaban J connectivity index is 2.16. The number of halogens is 1. The van der Waals surface area contributed by atoms with Crippen LogP contribution in [-0.2, 0) is 12.3 Å². The van der Waals surface area contributed by atoms with Crippen molar-refractivity contribution in [2.75, 3.05) is 0 Å². The van der Waals surface area contributed by atoms with Crippen LogP contribution in [0.5, 0.6) is 0 Å². The highest BCUT2D eigenvalue weighted by atomic mass is 35.5. The second kappa shape index (κ2) is 5.85. The first-order chi connectivity index (χ1) is 8.22. The van der Waals surface area contributed by atoms with Gasteiger partial charge in [0.2, 0.25) is 0 Å². The summed E-state index contributed by atoms with van der Waals surface area (Å²) in [6, 6.07) is 0.571. The Kier molecular flexibility index (Phi) is 4.43. The maximum absolute atomic E-state index is 5.95. The third-order valence-corrected chi connectivity index (χ3v) is 3.88. The molecule has 1 fully saturated rings. The van der Waals surface area contributed by atoms with Gasteiger partial charge in [0, 0.05) is 0 Å². The summed E-state index contributed by atoms with van der Waals surface area (Å²) in [7, 11) is 0. The van der Waals surface area contributed by atoms with Crippen LogP contribution in [0.15, 0.2) is 0 Å². The molecule has 4 heteroatoms. The van der Waals surface area contributed by atoms with Crippen molar-refractivity contribution in [3.05, 3.63) is 11.4 Å². The number of hydrogen-bond donors (Lipinski definition) is 0. The molecule has 0 aliphatic heterocycles. The van der Waals surface area contributed by atoms with Crippen molar-refractivity contribution < 1.29 is 0 Å². The minimum Gasteiger partial charge on any atom is -0.246 e. The van der Waals surface area contributed by atoms with Gasteiger partial charge in [-0.05, 0) is 31.6 Å². The van der Waals surface area contributed by atoms with E-state index in [2.05, 4.69) is 28.8 Å². The molecule has 0 amide bonds. The Morgan fingerprint density at radius 3 is 2.65 bits per heavy atom. The molecule has 17 heavy (non-hydrogen) atoms. The molecule has 0 bridgehead atoms. The second-order valence-electron chi connectivity index (χ2n) is 5.43. The van der Waals surface area contributed by atoms with E-state index in [1.54, 1.807) is 0 Å². The van der Waals surface area contributed by atoms with Gasteiger partial charge in [0.05, 0.1) is 17.6 Å². The molecule has 0 spiro atoms. The standard InChI is InChI=1S/C13H22ClN3/c1-10(2)7-8-13-12(9-14)15-16-17(13)11-5-3-4-6-11/h10-11H,3-9H2,1-2H3. The molecule has 96 valence electrons. The normalized spacial score (nSPS) is 17.2. The van der Waals surface area contributed by atoms with Crippen LogP contribution in [0.3, 0.4) is 0 Å². The van der Waals surface area contributed by atoms with Gasteiger partial charge in [-0.25, -0.2) is 4.68 Å². The second-order valence-corrected chi connectivity index (χ2v) is 5.70. The van der Waals surface area contributed by atoms with Crippen LogP contribution in [-0.4, -0.2) is 15.0 Å². The number of hydrogen-bond acceptors (Lipinski definition) is 2. The Morgan fingerprint density at radius 1 is 1.35 bits per heavy atom. The lowest BCUT2D eigenvalue weighted by atomic mass is 10.1. The number of rotatable bonds is 5. The van der Waals surface area contributed by atoms with Crippen molar-refractivity contribution in [3.63, 3.8) is 0 Å². The summed E-state index contributed by atoms with van der Waals surface area (Å²) in [5.41, 5.74) is 2.26. The zero-order valence-corrected chi connectivity index (χ0v) is 11.6. The molecule has 1 aliphatic carbocycles. The average molecular weight is 256 g/mol. The van der Waals surface area contributed by atoms with E-state index >= 15 is 0 Å². The summed E-state index contributed by atoms with van der Waals surface area (Å²) < 4.78 is 2.16. The molecule has 1 aliphatic rings. The molecule has 2 rings (SSSR count). The van der Waals surface area contributed by atoms with Gasteiger partial charge in [0.1, 0.15) is 5.69 Å². The van der Waals surface area contributed by atoms with Crippen LogP contribution >= 0.6 is 11.6 Å². The van der Waals surface area contributed by atoms with Crippen LogP contribution < -0.4 is 0 Å². The van der Waals surface area contributed by atoms with Crippen molar-refractivity contribution in [3.8, 4) is 0 Å². The van der Waals surface area contributed by atoms with E-state index in [1.165, 1.54) is 37.8 Å². The summed E-state index contributed by atoms with van der Waals surface area (Å²) in [6.07, 6.45) is 7.39. The minimum absolute atomic E-state index is 0.486. The molecule has 1 aromatic rings. The van der Waals surface area contributed by atoms with Crippen molar-refractivity contribution in [2.45, 2.75) is 64.3 Å². The number of aromatic nitrogens is 3. The van der Waals surface area contributed by atoms with Crippen molar-refractivity contribution in [1.82, 2.24) is 15.0 Å². The van der Waals surface area contributed by atoms with Gasteiger partial charge in [-0.15, -0.1) is 16.7 Å². The minimum atomic E-state index is 0.486. The van der Waals surface area contributed by atoms with E-state index in [0.29, 0.717) is 17.8 Å². The molecule has 1 saturated carbocycles. The van der Waals surface area contributed by atoms with E-state index in [-0.39, 0.29) is 0 Å². The summed E-state index contributed by atoms with van der Waals surface area (Å²) >= 11 is 5.95. The molecule has 1 aromatic heterocycles. The smallest absolute Gasteiger partial charge is 0.101 e. The maximum atomic E-state index is 5.95. The summed E-state index contributed by atoms with van der Waals surface area (Å²) in [4.78, 5) is 0. The lowest BCUT2D eigenvalue weighted by Gasteiger charge is -2.14. The van der Waals surface area contributed by atoms with Crippen molar-refractivity contribution in [1.29, 1.82) is 0 Å². The molecule has 0 N–H and O–H groups in total. The third kappa shape index (κ3) is 3.01. The Morgan fingerprint density at radius 2 is 2.06 bits per heavy atom. The van der Waals surface area contributed by atoms with Crippen LogP contribution in [0.2, 0.25) is 0 Å². The van der Waals surface area contributed by atoms with E-state index in [0.717, 1.165) is 12.1 Å². The molecular formula is C13H22ClN3. The van der Waals surface area contributed by atoms with E-state index < -0.39 is 0 Å². The molecular weight excluding hydrogens is 234 g/mol. The quantitative estimate of drug-likeness (QED) is 0.751. The first kappa shape index (κ1) is 12.9. The largest absolute Gasteiger partial charge is 0.246 e. The zero-order chi connectivity index (χ0) is 12.3. The van der Waals surface area contributed by atoms with E-state index in [1.807, 2.05) is 0 Å². The van der Waals surface area contributed by atoms with E-state index in [4.69, 9.17) is 11.6 Å². The van der Waals surface area contributed by atoms with E-state index in [9.17, 15) is 0 Å². The first-order valence-electron chi connectivity index (χ1n) is 6.71. The van der Waals surface area contributed by atoms with Crippen LogP contribution in [0.1, 0.15) is 63.4 Å². The lowest BCUT2D eigenvalue weighted by molar-refractivity contribution is 0.430.